The van der Waals surface area contributed by atoms with Crippen molar-refractivity contribution in [2.45, 2.75) is 58.3 Å². The Labute approximate surface area is 94.2 Å². The van der Waals surface area contributed by atoms with E-state index in [2.05, 4.69) is 6.92 Å². The summed E-state index contributed by atoms with van der Waals surface area (Å²) >= 11 is 0. The Morgan fingerprint density at radius 3 is 2.73 bits per heavy atom. The van der Waals surface area contributed by atoms with Crippen molar-refractivity contribution < 1.29 is 5.11 Å². The molecular weight excluding hydrogens is 186 g/mol. The fourth-order valence-electron chi connectivity index (χ4n) is 3.04. The summed E-state index contributed by atoms with van der Waals surface area (Å²) in [6.07, 6.45) is 10.1. The minimum absolute atomic E-state index is 0.261. The Hall–Kier alpha value is -0.0800. The van der Waals surface area contributed by atoms with E-state index in [0.717, 1.165) is 18.9 Å². The lowest BCUT2D eigenvalue weighted by atomic mass is 9.77. The van der Waals surface area contributed by atoms with Crippen LogP contribution in [0.2, 0.25) is 0 Å². The van der Waals surface area contributed by atoms with E-state index in [1.165, 1.54) is 44.9 Å². The van der Waals surface area contributed by atoms with Gasteiger partial charge in [-0.1, -0.05) is 32.6 Å². The first-order valence-electron chi connectivity index (χ1n) is 6.57. The van der Waals surface area contributed by atoms with Crippen molar-refractivity contribution in [1.82, 2.24) is 0 Å². The van der Waals surface area contributed by atoms with Gasteiger partial charge in [-0.3, -0.25) is 0 Å². The fourth-order valence-corrected chi connectivity index (χ4v) is 3.04. The molecule has 0 aromatic heterocycles. The summed E-state index contributed by atoms with van der Waals surface area (Å²) in [5.74, 6) is 0.919. The molecule has 3 N–H and O–H groups in total. The van der Waals surface area contributed by atoms with Crippen LogP contribution in [0.4, 0.5) is 0 Å². The Morgan fingerprint density at radius 1 is 1.33 bits per heavy atom. The van der Waals surface area contributed by atoms with Gasteiger partial charge in [-0.2, -0.15) is 0 Å². The third-order valence-corrected chi connectivity index (χ3v) is 4.17. The lowest BCUT2D eigenvalue weighted by Gasteiger charge is -2.30. The van der Waals surface area contributed by atoms with Gasteiger partial charge < -0.3 is 10.8 Å². The topological polar surface area (TPSA) is 46.2 Å². The summed E-state index contributed by atoms with van der Waals surface area (Å²) in [7, 11) is 0. The molecule has 1 aliphatic rings. The summed E-state index contributed by atoms with van der Waals surface area (Å²) in [4.78, 5) is 0. The standard InChI is InChI=1S/C13H27NO/c1-2-4-12-5-3-7-13(11-14,8-6-12)9-10-15/h12,15H,2-11,14H2,1H3. The van der Waals surface area contributed by atoms with Gasteiger partial charge in [0, 0.05) is 6.61 Å². The van der Waals surface area contributed by atoms with Crippen LogP contribution in [0, 0.1) is 11.3 Å². The van der Waals surface area contributed by atoms with Crippen molar-refractivity contribution in [2.24, 2.45) is 17.1 Å². The predicted molar refractivity (Wildman–Crippen MR) is 64.7 cm³/mol. The van der Waals surface area contributed by atoms with Crippen LogP contribution in [0.5, 0.6) is 0 Å². The average Bonchev–Trinajstić information content (AvgIpc) is 2.44. The quantitative estimate of drug-likeness (QED) is 0.690. The number of nitrogens with two attached hydrogens (primary N) is 1. The molecule has 2 heteroatoms. The second kappa shape index (κ2) is 6.49. The second-order valence-electron chi connectivity index (χ2n) is 5.26. The molecule has 15 heavy (non-hydrogen) atoms. The molecule has 0 bridgehead atoms. The van der Waals surface area contributed by atoms with E-state index in [4.69, 9.17) is 10.8 Å². The maximum absolute atomic E-state index is 9.12. The molecule has 1 rings (SSSR count). The molecule has 0 radical (unpaired) electrons. The molecule has 0 saturated heterocycles. The maximum Gasteiger partial charge on any atom is 0.0436 e. The summed E-state index contributed by atoms with van der Waals surface area (Å²) in [6, 6.07) is 0. The zero-order chi connectivity index (χ0) is 11.1. The van der Waals surface area contributed by atoms with E-state index >= 15 is 0 Å². The van der Waals surface area contributed by atoms with Crippen LogP contribution < -0.4 is 5.73 Å². The van der Waals surface area contributed by atoms with Crippen molar-refractivity contribution in [1.29, 1.82) is 0 Å². The molecule has 90 valence electrons. The van der Waals surface area contributed by atoms with E-state index in [-0.39, 0.29) is 5.41 Å². The van der Waals surface area contributed by atoms with Gasteiger partial charge in [0.15, 0.2) is 0 Å². The van der Waals surface area contributed by atoms with Crippen LogP contribution in [-0.2, 0) is 0 Å². The second-order valence-corrected chi connectivity index (χ2v) is 5.26. The summed E-state index contributed by atoms with van der Waals surface area (Å²) in [5.41, 5.74) is 6.16. The van der Waals surface area contributed by atoms with Gasteiger partial charge in [0.25, 0.3) is 0 Å². The summed E-state index contributed by atoms with van der Waals surface area (Å²) in [5, 5.41) is 9.12. The van der Waals surface area contributed by atoms with Crippen molar-refractivity contribution in [3.05, 3.63) is 0 Å². The van der Waals surface area contributed by atoms with Crippen LogP contribution in [0.25, 0.3) is 0 Å². The summed E-state index contributed by atoms with van der Waals surface area (Å²) < 4.78 is 0. The number of aliphatic hydroxyl groups excluding tert-OH is 1. The zero-order valence-corrected chi connectivity index (χ0v) is 10.2. The largest absolute Gasteiger partial charge is 0.396 e. The minimum atomic E-state index is 0.261. The van der Waals surface area contributed by atoms with Crippen LogP contribution in [0.3, 0.4) is 0 Å². The Morgan fingerprint density at radius 2 is 2.13 bits per heavy atom. The predicted octanol–water partition coefficient (Wildman–Crippen LogP) is 2.69. The molecule has 1 aliphatic carbocycles. The number of rotatable bonds is 5. The molecule has 0 amide bonds. The lowest BCUT2D eigenvalue weighted by molar-refractivity contribution is 0.164. The first-order valence-corrected chi connectivity index (χ1v) is 6.57. The first kappa shape index (κ1) is 13.0. The van der Waals surface area contributed by atoms with Gasteiger partial charge in [0.1, 0.15) is 0 Å². The van der Waals surface area contributed by atoms with E-state index in [9.17, 15) is 0 Å². The Bertz CT molecular complexity index is 172. The van der Waals surface area contributed by atoms with Crippen LogP contribution in [0.1, 0.15) is 58.3 Å². The highest BCUT2D eigenvalue weighted by molar-refractivity contribution is 4.84. The molecule has 0 heterocycles. The van der Waals surface area contributed by atoms with E-state index in [0.29, 0.717) is 6.61 Å². The van der Waals surface area contributed by atoms with Gasteiger partial charge >= 0.3 is 0 Å². The van der Waals surface area contributed by atoms with Gasteiger partial charge in [-0.05, 0) is 43.6 Å². The molecule has 0 aromatic carbocycles. The molecule has 2 nitrogen and oxygen atoms in total. The SMILES string of the molecule is CCCC1CCCC(CN)(CCO)CC1. The van der Waals surface area contributed by atoms with Gasteiger partial charge in [-0.25, -0.2) is 0 Å². The molecule has 0 aliphatic heterocycles. The van der Waals surface area contributed by atoms with Crippen LogP contribution in [-0.4, -0.2) is 18.3 Å². The molecule has 2 unspecified atom stereocenters. The van der Waals surface area contributed by atoms with Crippen LogP contribution in [0.15, 0.2) is 0 Å². The smallest absolute Gasteiger partial charge is 0.0436 e. The molecule has 1 saturated carbocycles. The number of hydrogen-bond donors (Lipinski definition) is 2. The number of hydrogen-bond acceptors (Lipinski definition) is 2. The monoisotopic (exact) mass is 213 g/mol. The highest BCUT2D eigenvalue weighted by Gasteiger charge is 2.31. The van der Waals surface area contributed by atoms with E-state index < -0.39 is 0 Å². The number of aliphatic hydroxyl groups is 1. The minimum Gasteiger partial charge on any atom is -0.396 e. The molecule has 0 aromatic rings. The fraction of sp³-hybridized carbons (Fsp3) is 1.00. The molecule has 2 atom stereocenters. The van der Waals surface area contributed by atoms with Crippen molar-refractivity contribution in [3.8, 4) is 0 Å². The van der Waals surface area contributed by atoms with E-state index in [1.807, 2.05) is 0 Å². The normalized spacial score (nSPS) is 32.6. The van der Waals surface area contributed by atoms with Crippen molar-refractivity contribution >= 4 is 0 Å². The molecule has 1 fully saturated rings. The van der Waals surface area contributed by atoms with Crippen LogP contribution >= 0.6 is 0 Å². The highest BCUT2D eigenvalue weighted by Crippen LogP contribution is 2.39. The molecular formula is C13H27NO. The lowest BCUT2D eigenvalue weighted by Crippen LogP contribution is -2.31. The highest BCUT2D eigenvalue weighted by atomic mass is 16.3. The Kier molecular flexibility index (Phi) is 5.62. The maximum atomic E-state index is 9.12. The Balaban J connectivity index is 2.48. The molecule has 0 spiro atoms. The van der Waals surface area contributed by atoms with E-state index in [1.54, 1.807) is 0 Å². The van der Waals surface area contributed by atoms with Gasteiger partial charge in [0.05, 0.1) is 0 Å². The summed E-state index contributed by atoms with van der Waals surface area (Å²) in [6.45, 7) is 3.33. The third kappa shape index (κ3) is 3.76. The van der Waals surface area contributed by atoms with Crippen molar-refractivity contribution in [2.75, 3.05) is 13.2 Å². The van der Waals surface area contributed by atoms with Gasteiger partial charge in [-0.15, -0.1) is 0 Å². The van der Waals surface area contributed by atoms with Gasteiger partial charge in [0.2, 0.25) is 0 Å². The first-order chi connectivity index (χ1) is 7.26. The third-order valence-electron chi connectivity index (χ3n) is 4.17. The van der Waals surface area contributed by atoms with Crippen molar-refractivity contribution in [3.63, 3.8) is 0 Å². The zero-order valence-electron chi connectivity index (χ0n) is 10.2. The average molecular weight is 213 g/mol.